The van der Waals surface area contributed by atoms with E-state index in [1.807, 2.05) is 18.2 Å². The molecule has 0 saturated heterocycles. The lowest BCUT2D eigenvalue weighted by Gasteiger charge is -2.24. The first-order valence-electron chi connectivity index (χ1n) is 9.31. The summed E-state index contributed by atoms with van der Waals surface area (Å²) >= 11 is 3.42. The van der Waals surface area contributed by atoms with E-state index in [1.165, 1.54) is 27.3 Å². The van der Waals surface area contributed by atoms with Crippen LogP contribution in [-0.2, 0) is 26.6 Å². The molecule has 2 aromatic heterocycles. The molecule has 0 saturated carbocycles. The second-order valence-electron chi connectivity index (χ2n) is 7.97. The smallest absolute Gasteiger partial charge is 0.410 e. The first kappa shape index (κ1) is 22.3. The van der Waals surface area contributed by atoms with Crippen LogP contribution in [-0.4, -0.2) is 41.0 Å². The predicted octanol–water partition coefficient (Wildman–Crippen LogP) is 4.54. The molecular formula is C21H24BrN3O4S. The summed E-state index contributed by atoms with van der Waals surface area (Å²) in [6.45, 7) is 5.60. The second kappa shape index (κ2) is 8.39. The lowest BCUT2D eigenvalue weighted by atomic mass is 10.1. The molecule has 9 heteroatoms. The maximum Gasteiger partial charge on any atom is 0.410 e. The summed E-state index contributed by atoms with van der Waals surface area (Å²) < 4.78 is 33.2. The maximum absolute atomic E-state index is 13.3. The van der Waals surface area contributed by atoms with E-state index >= 15 is 0 Å². The molecule has 3 aromatic rings. The largest absolute Gasteiger partial charge is 0.444 e. The Labute approximate surface area is 184 Å². The van der Waals surface area contributed by atoms with Crippen molar-refractivity contribution in [3.8, 4) is 0 Å². The fourth-order valence-electron chi connectivity index (χ4n) is 2.99. The van der Waals surface area contributed by atoms with Crippen molar-refractivity contribution in [2.45, 2.75) is 43.1 Å². The van der Waals surface area contributed by atoms with E-state index in [-0.39, 0.29) is 11.4 Å². The van der Waals surface area contributed by atoms with Gasteiger partial charge in [-0.15, -0.1) is 0 Å². The number of halogens is 1. The molecule has 0 unspecified atom stereocenters. The zero-order valence-corrected chi connectivity index (χ0v) is 19.7. The highest BCUT2D eigenvalue weighted by Gasteiger charge is 2.24. The van der Waals surface area contributed by atoms with Crippen molar-refractivity contribution >= 4 is 42.9 Å². The van der Waals surface area contributed by atoms with E-state index in [4.69, 9.17) is 4.74 Å². The van der Waals surface area contributed by atoms with Crippen LogP contribution in [0.25, 0.3) is 10.9 Å². The number of pyridine rings is 1. The van der Waals surface area contributed by atoms with E-state index < -0.39 is 21.7 Å². The van der Waals surface area contributed by atoms with Crippen LogP contribution >= 0.6 is 15.9 Å². The Morgan fingerprint density at radius 1 is 1.27 bits per heavy atom. The maximum atomic E-state index is 13.3. The number of ether oxygens (including phenoxy) is 1. The number of fused-ring (bicyclic) bond motifs is 1. The number of benzene rings is 1. The van der Waals surface area contributed by atoms with Gasteiger partial charge in [0.25, 0.3) is 10.0 Å². The highest BCUT2D eigenvalue weighted by atomic mass is 79.9. The van der Waals surface area contributed by atoms with Crippen molar-refractivity contribution in [3.05, 3.63) is 60.0 Å². The van der Waals surface area contributed by atoms with Crippen LogP contribution in [0, 0.1) is 0 Å². The Balaban J connectivity index is 2.08. The van der Waals surface area contributed by atoms with Gasteiger partial charge in [-0.2, -0.15) is 0 Å². The summed E-state index contributed by atoms with van der Waals surface area (Å²) in [6.07, 6.45) is 3.93. The van der Waals surface area contributed by atoms with Crippen LogP contribution in [0.1, 0.15) is 31.9 Å². The number of aromatic nitrogens is 2. The van der Waals surface area contributed by atoms with E-state index in [1.54, 1.807) is 40.1 Å². The average molecular weight is 494 g/mol. The van der Waals surface area contributed by atoms with Gasteiger partial charge in [-0.05, 0) is 50.1 Å². The van der Waals surface area contributed by atoms with E-state index in [9.17, 15) is 13.2 Å². The molecule has 0 aliphatic carbocycles. The standard InChI is InChI=1S/C21H24BrN3O4S/c1-21(2,3)29-20(26)24(4)13-16-14-25(19-10-15(11-22)7-8-18(16)19)30(27,28)17-6-5-9-23-12-17/h5-10,12,14H,11,13H2,1-4H3. The van der Waals surface area contributed by atoms with E-state index in [0.717, 1.165) is 10.9 Å². The molecule has 0 radical (unpaired) electrons. The Morgan fingerprint density at radius 3 is 2.60 bits per heavy atom. The number of rotatable bonds is 5. The van der Waals surface area contributed by atoms with Crippen LogP contribution in [0.3, 0.4) is 0 Å². The summed E-state index contributed by atoms with van der Waals surface area (Å²) in [7, 11) is -2.23. The highest BCUT2D eigenvalue weighted by molar-refractivity contribution is 9.08. The Bertz CT molecular complexity index is 1170. The molecule has 0 spiro atoms. The van der Waals surface area contributed by atoms with Crippen molar-refractivity contribution in [2.75, 3.05) is 7.05 Å². The molecule has 7 nitrogen and oxygen atoms in total. The van der Waals surface area contributed by atoms with Crippen LogP contribution in [0.4, 0.5) is 4.79 Å². The van der Waals surface area contributed by atoms with Gasteiger partial charge in [0.1, 0.15) is 10.5 Å². The molecule has 0 fully saturated rings. The number of hydrogen-bond donors (Lipinski definition) is 0. The Kier molecular flexibility index (Phi) is 6.24. The molecule has 1 aromatic carbocycles. The molecule has 0 aliphatic rings. The minimum atomic E-state index is -3.85. The summed E-state index contributed by atoms with van der Waals surface area (Å²) in [5, 5.41) is 1.34. The van der Waals surface area contributed by atoms with E-state index in [2.05, 4.69) is 20.9 Å². The predicted molar refractivity (Wildman–Crippen MR) is 119 cm³/mol. The molecule has 2 heterocycles. The zero-order chi connectivity index (χ0) is 22.1. The van der Waals surface area contributed by atoms with Crippen molar-refractivity contribution in [3.63, 3.8) is 0 Å². The zero-order valence-electron chi connectivity index (χ0n) is 17.3. The molecule has 0 atom stereocenters. The molecule has 160 valence electrons. The quantitative estimate of drug-likeness (QED) is 0.487. The first-order valence-corrected chi connectivity index (χ1v) is 11.9. The number of carbonyl (C=O) groups is 1. The van der Waals surface area contributed by atoms with Crippen molar-refractivity contribution in [1.82, 2.24) is 13.9 Å². The Morgan fingerprint density at radius 2 is 2.00 bits per heavy atom. The van der Waals surface area contributed by atoms with E-state index in [0.29, 0.717) is 16.4 Å². The summed E-state index contributed by atoms with van der Waals surface area (Å²) in [5.74, 6) is 0. The van der Waals surface area contributed by atoms with Gasteiger partial charge in [0, 0.05) is 36.4 Å². The molecule has 0 N–H and O–H groups in total. The number of carbonyl (C=O) groups excluding carboxylic acids is 1. The second-order valence-corrected chi connectivity index (χ2v) is 10.3. The van der Waals surface area contributed by atoms with Crippen LogP contribution < -0.4 is 0 Å². The van der Waals surface area contributed by atoms with Gasteiger partial charge in [-0.3, -0.25) is 4.98 Å². The molecular weight excluding hydrogens is 470 g/mol. The SMILES string of the molecule is CN(Cc1cn(S(=O)(=O)c2cccnc2)c2cc(CBr)ccc12)C(=O)OC(C)(C)C. The molecule has 3 rings (SSSR count). The minimum absolute atomic E-state index is 0.0955. The highest BCUT2D eigenvalue weighted by Crippen LogP contribution is 2.28. The fraction of sp³-hybridized carbons (Fsp3) is 0.333. The summed E-state index contributed by atoms with van der Waals surface area (Å²) in [6, 6.07) is 8.72. The van der Waals surface area contributed by atoms with Crippen molar-refractivity contribution < 1.29 is 17.9 Å². The summed E-state index contributed by atoms with van der Waals surface area (Å²) in [5.41, 5.74) is 1.57. The lowest BCUT2D eigenvalue weighted by molar-refractivity contribution is 0.0286. The van der Waals surface area contributed by atoms with Crippen LogP contribution in [0.5, 0.6) is 0 Å². The van der Waals surface area contributed by atoms with Gasteiger partial charge >= 0.3 is 6.09 Å². The minimum Gasteiger partial charge on any atom is -0.444 e. The third-order valence-corrected chi connectivity index (χ3v) is 6.68. The van der Waals surface area contributed by atoms with Crippen LogP contribution in [0.15, 0.2) is 53.8 Å². The molecule has 0 bridgehead atoms. The van der Waals surface area contributed by atoms with Gasteiger partial charge in [0.05, 0.1) is 12.1 Å². The first-order chi connectivity index (χ1) is 14.0. The number of amides is 1. The topological polar surface area (TPSA) is 81.5 Å². The summed E-state index contributed by atoms with van der Waals surface area (Å²) in [4.78, 5) is 17.8. The van der Waals surface area contributed by atoms with Gasteiger partial charge in [-0.25, -0.2) is 17.2 Å². The van der Waals surface area contributed by atoms with Gasteiger partial charge in [-0.1, -0.05) is 28.1 Å². The van der Waals surface area contributed by atoms with Crippen molar-refractivity contribution in [1.29, 1.82) is 0 Å². The average Bonchev–Trinajstić information content (AvgIpc) is 3.05. The number of hydrogen-bond acceptors (Lipinski definition) is 5. The van der Waals surface area contributed by atoms with Gasteiger partial charge in [0.2, 0.25) is 0 Å². The normalized spacial score (nSPS) is 12.2. The fourth-order valence-corrected chi connectivity index (χ4v) is 4.69. The molecule has 30 heavy (non-hydrogen) atoms. The van der Waals surface area contributed by atoms with Crippen LogP contribution in [0.2, 0.25) is 0 Å². The Hall–Kier alpha value is -2.39. The van der Waals surface area contributed by atoms with Gasteiger partial charge < -0.3 is 9.64 Å². The number of alkyl halides is 1. The third kappa shape index (κ3) is 4.67. The lowest BCUT2D eigenvalue weighted by Crippen LogP contribution is -2.33. The molecule has 0 aliphatic heterocycles. The third-order valence-electron chi connectivity index (χ3n) is 4.38. The van der Waals surface area contributed by atoms with Crippen molar-refractivity contribution in [2.24, 2.45) is 0 Å². The molecule has 1 amide bonds. The van der Waals surface area contributed by atoms with Gasteiger partial charge in [0.15, 0.2) is 0 Å². The number of nitrogens with zero attached hydrogens (tertiary/aromatic N) is 3. The monoisotopic (exact) mass is 493 g/mol.